The van der Waals surface area contributed by atoms with E-state index in [1.807, 2.05) is 0 Å². The molecule has 1 saturated heterocycles. The Kier molecular flexibility index (Phi) is 5.88. The summed E-state index contributed by atoms with van der Waals surface area (Å²) in [4.78, 5) is 18.5. The number of likely N-dealkylation sites (tertiary alicyclic amines) is 1. The highest BCUT2D eigenvalue weighted by molar-refractivity contribution is 5.92. The van der Waals surface area contributed by atoms with Crippen molar-refractivity contribution in [1.29, 1.82) is 0 Å². The van der Waals surface area contributed by atoms with Crippen LogP contribution in [0.3, 0.4) is 0 Å². The van der Waals surface area contributed by atoms with Gasteiger partial charge in [0.25, 0.3) is 5.91 Å². The van der Waals surface area contributed by atoms with Crippen LogP contribution >= 0.6 is 0 Å². The second kappa shape index (κ2) is 7.67. The minimum Gasteiger partial charge on any atom is -0.396 e. The van der Waals surface area contributed by atoms with Gasteiger partial charge in [-0.15, -0.1) is 0 Å². The molecule has 0 spiro atoms. The van der Waals surface area contributed by atoms with Crippen LogP contribution in [0.25, 0.3) is 0 Å². The van der Waals surface area contributed by atoms with E-state index >= 15 is 0 Å². The largest absolute Gasteiger partial charge is 0.396 e. The SMILES string of the molecule is COCC[C@@]1(CO)CCCN(C(=O)c2cccc(CO)n2)C1. The Morgan fingerprint density at radius 1 is 1.45 bits per heavy atom. The standard InChI is InChI=1S/C16H24N2O4/c1-22-9-7-16(12-20)6-3-8-18(11-16)15(21)14-5-2-4-13(10-19)17-14/h2,4-5,19-20H,3,6-12H2,1H3/t16-/m0/s1. The van der Waals surface area contributed by atoms with Crippen LogP contribution < -0.4 is 0 Å². The van der Waals surface area contributed by atoms with Gasteiger partial charge >= 0.3 is 0 Å². The van der Waals surface area contributed by atoms with Crippen LogP contribution in [0.15, 0.2) is 18.2 Å². The van der Waals surface area contributed by atoms with E-state index in [0.717, 1.165) is 19.3 Å². The maximum atomic E-state index is 12.6. The first kappa shape index (κ1) is 16.9. The molecule has 0 unspecified atom stereocenters. The predicted octanol–water partition coefficient (Wildman–Crippen LogP) is 0.825. The van der Waals surface area contributed by atoms with Crippen LogP contribution in [0.5, 0.6) is 0 Å². The van der Waals surface area contributed by atoms with Crippen molar-refractivity contribution in [1.82, 2.24) is 9.88 Å². The quantitative estimate of drug-likeness (QED) is 0.813. The van der Waals surface area contributed by atoms with Gasteiger partial charge in [0.1, 0.15) is 5.69 Å². The number of nitrogens with zero attached hydrogens (tertiary/aromatic N) is 2. The maximum absolute atomic E-state index is 12.6. The van der Waals surface area contributed by atoms with Gasteiger partial charge in [0.15, 0.2) is 0 Å². The number of carbonyl (C=O) groups excluding carboxylic acids is 1. The molecule has 1 aliphatic heterocycles. The van der Waals surface area contributed by atoms with Gasteiger partial charge in [-0.2, -0.15) is 0 Å². The molecule has 0 saturated carbocycles. The van der Waals surface area contributed by atoms with Crippen molar-refractivity contribution >= 4 is 5.91 Å². The number of aliphatic hydroxyl groups excluding tert-OH is 2. The normalized spacial score (nSPS) is 21.9. The van der Waals surface area contributed by atoms with Crippen molar-refractivity contribution < 1.29 is 19.7 Å². The number of hydrogen-bond donors (Lipinski definition) is 2. The lowest BCUT2D eigenvalue weighted by Crippen LogP contribution is -2.48. The van der Waals surface area contributed by atoms with Crippen LogP contribution in [0, 0.1) is 5.41 Å². The smallest absolute Gasteiger partial charge is 0.272 e. The van der Waals surface area contributed by atoms with Crippen LogP contribution in [-0.2, 0) is 11.3 Å². The number of ether oxygens (including phenoxy) is 1. The molecule has 0 radical (unpaired) electrons. The number of piperidine rings is 1. The number of carbonyl (C=O) groups is 1. The van der Waals surface area contributed by atoms with Gasteiger partial charge in [-0.05, 0) is 31.4 Å². The summed E-state index contributed by atoms with van der Waals surface area (Å²) in [5.74, 6) is -0.148. The van der Waals surface area contributed by atoms with Crippen LogP contribution in [0.1, 0.15) is 35.4 Å². The van der Waals surface area contributed by atoms with Crippen molar-refractivity contribution in [2.45, 2.75) is 25.9 Å². The van der Waals surface area contributed by atoms with Crippen molar-refractivity contribution in [3.8, 4) is 0 Å². The number of hydrogen-bond acceptors (Lipinski definition) is 5. The Morgan fingerprint density at radius 3 is 2.95 bits per heavy atom. The van der Waals surface area contributed by atoms with E-state index in [1.165, 1.54) is 0 Å². The monoisotopic (exact) mass is 308 g/mol. The Bertz CT molecular complexity index is 509. The summed E-state index contributed by atoms with van der Waals surface area (Å²) in [6, 6.07) is 5.06. The zero-order valence-corrected chi connectivity index (χ0v) is 13.0. The molecule has 6 heteroatoms. The highest BCUT2D eigenvalue weighted by atomic mass is 16.5. The average molecular weight is 308 g/mol. The van der Waals surface area contributed by atoms with Crippen molar-refractivity contribution in [2.24, 2.45) is 5.41 Å². The fourth-order valence-electron chi connectivity index (χ4n) is 2.96. The van der Waals surface area contributed by atoms with Gasteiger partial charge in [0.2, 0.25) is 0 Å². The Morgan fingerprint density at radius 2 is 2.27 bits per heavy atom. The molecule has 0 aliphatic carbocycles. The number of rotatable bonds is 6. The molecule has 1 amide bonds. The van der Waals surface area contributed by atoms with Gasteiger partial charge in [-0.3, -0.25) is 4.79 Å². The number of pyridine rings is 1. The number of methoxy groups -OCH3 is 1. The second-order valence-corrected chi connectivity index (χ2v) is 5.90. The summed E-state index contributed by atoms with van der Waals surface area (Å²) >= 11 is 0. The van der Waals surface area contributed by atoms with Gasteiger partial charge in [-0.1, -0.05) is 6.07 Å². The minimum absolute atomic E-state index is 0.0459. The first-order valence-electron chi connectivity index (χ1n) is 7.60. The molecule has 122 valence electrons. The summed E-state index contributed by atoms with van der Waals surface area (Å²) in [5, 5.41) is 18.9. The summed E-state index contributed by atoms with van der Waals surface area (Å²) < 4.78 is 5.13. The number of aromatic nitrogens is 1. The molecule has 6 nitrogen and oxygen atoms in total. The lowest BCUT2D eigenvalue weighted by molar-refractivity contribution is 0.00871. The highest BCUT2D eigenvalue weighted by Gasteiger charge is 2.36. The van der Waals surface area contributed by atoms with Crippen molar-refractivity contribution in [2.75, 3.05) is 33.4 Å². The van der Waals surface area contributed by atoms with Gasteiger partial charge in [-0.25, -0.2) is 4.98 Å². The van der Waals surface area contributed by atoms with Gasteiger partial charge in [0.05, 0.1) is 18.9 Å². The molecule has 2 N–H and O–H groups in total. The first-order valence-corrected chi connectivity index (χ1v) is 7.60. The fraction of sp³-hybridized carbons (Fsp3) is 0.625. The first-order chi connectivity index (χ1) is 10.6. The zero-order valence-electron chi connectivity index (χ0n) is 13.0. The van der Waals surface area contributed by atoms with E-state index in [-0.39, 0.29) is 24.5 Å². The molecule has 1 aromatic heterocycles. The van der Waals surface area contributed by atoms with E-state index in [9.17, 15) is 9.90 Å². The number of aliphatic hydroxyl groups is 2. The molecule has 1 aliphatic rings. The lowest BCUT2D eigenvalue weighted by atomic mass is 9.78. The molecule has 1 aromatic rings. The van der Waals surface area contributed by atoms with Crippen LogP contribution in [0.2, 0.25) is 0 Å². The van der Waals surface area contributed by atoms with Crippen molar-refractivity contribution in [3.05, 3.63) is 29.6 Å². The summed E-state index contributed by atoms with van der Waals surface area (Å²) in [6.07, 6.45) is 2.48. The Hall–Kier alpha value is -1.50. The molecular weight excluding hydrogens is 284 g/mol. The van der Waals surface area contributed by atoms with E-state index < -0.39 is 0 Å². The lowest BCUT2D eigenvalue weighted by Gasteiger charge is -2.41. The highest BCUT2D eigenvalue weighted by Crippen LogP contribution is 2.33. The molecule has 0 bridgehead atoms. The van der Waals surface area contributed by atoms with Crippen molar-refractivity contribution in [3.63, 3.8) is 0 Å². The summed E-state index contributed by atoms with van der Waals surface area (Å²) in [6.45, 7) is 1.61. The third kappa shape index (κ3) is 3.82. The average Bonchev–Trinajstić information content (AvgIpc) is 2.59. The Balaban J connectivity index is 2.11. The molecular formula is C16H24N2O4. The fourth-order valence-corrected chi connectivity index (χ4v) is 2.96. The van der Waals surface area contributed by atoms with Crippen LogP contribution in [-0.4, -0.2) is 59.4 Å². The molecule has 1 atom stereocenters. The molecule has 1 fully saturated rings. The van der Waals surface area contributed by atoms with E-state index in [4.69, 9.17) is 9.84 Å². The van der Waals surface area contributed by atoms with E-state index in [0.29, 0.717) is 31.1 Å². The summed E-state index contributed by atoms with van der Waals surface area (Å²) in [7, 11) is 1.64. The molecule has 2 rings (SSSR count). The Labute approximate surface area is 130 Å². The zero-order chi connectivity index (χ0) is 16.0. The molecule has 2 heterocycles. The van der Waals surface area contributed by atoms with E-state index in [1.54, 1.807) is 30.2 Å². The maximum Gasteiger partial charge on any atom is 0.272 e. The number of amides is 1. The predicted molar refractivity (Wildman–Crippen MR) is 81.3 cm³/mol. The minimum atomic E-state index is -0.293. The third-order valence-corrected chi connectivity index (χ3v) is 4.31. The topological polar surface area (TPSA) is 82.9 Å². The molecule has 22 heavy (non-hydrogen) atoms. The molecule has 0 aromatic carbocycles. The van der Waals surface area contributed by atoms with Crippen LogP contribution in [0.4, 0.5) is 0 Å². The van der Waals surface area contributed by atoms with Gasteiger partial charge < -0.3 is 19.8 Å². The summed E-state index contributed by atoms with van der Waals surface area (Å²) in [5.41, 5.74) is 0.529. The van der Waals surface area contributed by atoms with Gasteiger partial charge in [0, 0.05) is 32.2 Å². The van der Waals surface area contributed by atoms with E-state index in [2.05, 4.69) is 4.98 Å². The second-order valence-electron chi connectivity index (χ2n) is 5.90. The third-order valence-electron chi connectivity index (χ3n) is 4.31.